The van der Waals surface area contributed by atoms with Crippen LogP contribution in [0, 0.1) is 12.3 Å². The Kier molecular flexibility index (Phi) is 6.23. The molecule has 1 amide bonds. The number of hydrogen-bond donors (Lipinski definition) is 1. The maximum atomic E-state index is 12.0. The first-order valence-electron chi connectivity index (χ1n) is 6.17. The SMILES string of the molecule is C#CCCCCC(=O)N1CCOCC1CC(=O)O. The number of rotatable bonds is 6. The molecule has 1 atom stereocenters. The fraction of sp³-hybridized carbons (Fsp3) is 0.692. The van der Waals surface area contributed by atoms with E-state index >= 15 is 0 Å². The predicted molar refractivity (Wildman–Crippen MR) is 65.9 cm³/mol. The normalized spacial score (nSPS) is 19.3. The molecule has 100 valence electrons. The van der Waals surface area contributed by atoms with Gasteiger partial charge in [0, 0.05) is 19.4 Å². The summed E-state index contributed by atoms with van der Waals surface area (Å²) in [7, 11) is 0. The number of amides is 1. The van der Waals surface area contributed by atoms with E-state index in [1.54, 1.807) is 4.90 Å². The number of carboxylic acid groups (broad SMARTS) is 1. The number of carbonyl (C=O) groups is 2. The van der Waals surface area contributed by atoms with Gasteiger partial charge in [-0.3, -0.25) is 9.59 Å². The van der Waals surface area contributed by atoms with Crippen LogP contribution in [0.4, 0.5) is 0 Å². The van der Waals surface area contributed by atoms with Crippen LogP contribution in [0.15, 0.2) is 0 Å². The molecule has 1 unspecified atom stereocenters. The van der Waals surface area contributed by atoms with Crippen molar-refractivity contribution in [1.29, 1.82) is 0 Å². The third-order valence-corrected chi connectivity index (χ3v) is 2.92. The van der Waals surface area contributed by atoms with E-state index in [2.05, 4.69) is 5.92 Å². The molecule has 1 heterocycles. The van der Waals surface area contributed by atoms with Gasteiger partial charge in [0.1, 0.15) is 0 Å². The summed E-state index contributed by atoms with van der Waals surface area (Å²) in [5.41, 5.74) is 0. The number of terminal acetylenes is 1. The molecule has 5 nitrogen and oxygen atoms in total. The molecule has 0 aliphatic carbocycles. The number of aliphatic carboxylic acids is 1. The van der Waals surface area contributed by atoms with Gasteiger partial charge in [-0.15, -0.1) is 12.3 Å². The van der Waals surface area contributed by atoms with Crippen LogP contribution in [0.5, 0.6) is 0 Å². The molecule has 1 N–H and O–H groups in total. The summed E-state index contributed by atoms with van der Waals surface area (Å²) in [6.07, 6.45) is 7.76. The molecule has 1 aliphatic heterocycles. The monoisotopic (exact) mass is 253 g/mol. The van der Waals surface area contributed by atoms with Crippen LogP contribution < -0.4 is 0 Å². The standard InChI is InChI=1S/C13H19NO4/c1-2-3-4-5-6-12(15)14-7-8-18-10-11(14)9-13(16)17/h1,11H,3-10H2,(H,16,17). The lowest BCUT2D eigenvalue weighted by atomic mass is 10.1. The quantitative estimate of drug-likeness (QED) is 0.563. The van der Waals surface area contributed by atoms with Crippen molar-refractivity contribution in [2.45, 2.75) is 38.1 Å². The van der Waals surface area contributed by atoms with Crippen molar-refractivity contribution in [3.8, 4) is 12.3 Å². The Hall–Kier alpha value is -1.54. The lowest BCUT2D eigenvalue weighted by molar-refractivity contribution is -0.146. The lowest BCUT2D eigenvalue weighted by Gasteiger charge is -2.35. The van der Waals surface area contributed by atoms with E-state index in [-0.39, 0.29) is 18.4 Å². The van der Waals surface area contributed by atoms with E-state index < -0.39 is 5.97 Å². The Labute approximate surface area is 107 Å². The molecule has 18 heavy (non-hydrogen) atoms. The Morgan fingerprint density at radius 2 is 2.22 bits per heavy atom. The number of carboxylic acids is 1. The van der Waals surface area contributed by atoms with Crippen LogP contribution in [-0.4, -0.2) is 47.7 Å². The van der Waals surface area contributed by atoms with Crippen molar-refractivity contribution in [3.63, 3.8) is 0 Å². The summed E-state index contributed by atoms with van der Waals surface area (Å²) < 4.78 is 5.22. The lowest BCUT2D eigenvalue weighted by Crippen LogP contribution is -2.49. The molecule has 0 bridgehead atoms. The average Bonchev–Trinajstić information content (AvgIpc) is 2.34. The summed E-state index contributed by atoms with van der Waals surface area (Å²) in [5, 5.41) is 8.80. The van der Waals surface area contributed by atoms with Gasteiger partial charge < -0.3 is 14.7 Å². The van der Waals surface area contributed by atoms with Crippen molar-refractivity contribution in [3.05, 3.63) is 0 Å². The number of morpholine rings is 1. The number of unbranched alkanes of at least 4 members (excludes halogenated alkanes) is 2. The second-order valence-corrected chi connectivity index (χ2v) is 4.32. The fourth-order valence-corrected chi connectivity index (χ4v) is 2.00. The first-order valence-corrected chi connectivity index (χ1v) is 6.17. The molecule has 1 rings (SSSR count). The molecule has 1 aliphatic rings. The third kappa shape index (κ3) is 4.76. The minimum absolute atomic E-state index is 0.00146. The Bertz CT molecular complexity index is 334. The maximum Gasteiger partial charge on any atom is 0.305 e. The fourth-order valence-electron chi connectivity index (χ4n) is 2.00. The van der Waals surface area contributed by atoms with E-state index in [9.17, 15) is 9.59 Å². The van der Waals surface area contributed by atoms with Gasteiger partial charge in [-0.2, -0.15) is 0 Å². The smallest absolute Gasteiger partial charge is 0.305 e. The molecule has 0 spiro atoms. The van der Waals surface area contributed by atoms with Crippen molar-refractivity contribution in [2.75, 3.05) is 19.8 Å². The largest absolute Gasteiger partial charge is 0.481 e. The van der Waals surface area contributed by atoms with Gasteiger partial charge in [-0.25, -0.2) is 0 Å². The highest BCUT2D eigenvalue weighted by atomic mass is 16.5. The highest BCUT2D eigenvalue weighted by Crippen LogP contribution is 2.13. The first kappa shape index (κ1) is 14.5. The van der Waals surface area contributed by atoms with E-state index in [4.69, 9.17) is 16.3 Å². The van der Waals surface area contributed by atoms with Crippen LogP contribution in [0.25, 0.3) is 0 Å². The molecule has 0 aromatic carbocycles. The molecule has 1 saturated heterocycles. The highest BCUT2D eigenvalue weighted by Gasteiger charge is 2.28. The van der Waals surface area contributed by atoms with Crippen LogP contribution in [-0.2, 0) is 14.3 Å². The van der Waals surface area contributed by atoms with Gasteiger partial charge in [0.2, 0.25) is 5.91 Å². The summed E-state index contributed by atoms with van der Waals surface area (Å²) in [5.74, 6) is 1.63. The Morgan fingerprint density at radius 3 is 2.89 bits per heavy atom. The van der Waals surface area contributed by atoms with E-state index in [1.165, 1.54) is 0 Å². The van der Waals surface area contributed by atoms with Crippen molar-refractivity contribution in [2.24, 2.45) is 0 Å². The van der Waals surface area contributed by atoms with Gasteiger partial charge in [0.05, 0.1) is 25.7 Å². The van der Waals surface area contributed by atoms with Crippen molar-refractivity contribution < 1.29 is 19.4 Å². The average molecular weight is 253 g/mol. The molecular formula is C13H19NO4. The highest BCUT2D eigenvalue weighted by molar-refractivity contribution is 5.77. The molecule has 1 fully saturated rings. The zero-order valence-electron chi connectivity index (χ0n) is 10.4. The molecule has 5 heteroatoms. The summed E-state index contributed by atoms with van der Waals surface area (Å²) in [4.78, 5) is 24.3. The van der Waals surface area contributed by atoms with E-state index in [0.29, 0.717) is 32.6 Å². The summed E-state index contributed by atoms with van der Waals surface area (Å²) in [6.45, 7) is 1.26. The van der Waals surface area contributed by atoms with Crippen LogP contribution in [0.2, 0.25) is 0 Å². The van der Waals surface area contributed by atoms with Crippen molar-refractivity contribution in [1.82, 2.24) is 4.90 Å². The molecule has 0 saturated carbocycles. The van der Waals surface area contributed by atoms with Crippen LogP contribution in [0.3, 0.4) is 0 Å². The van der Waals surface area contributed by atoms with Gasteiger partial charge in [-0.1, -0.05) is 0 Å². The van der Waals surface area contributed by atoms with Gasteiger partial charge in [0.15, 0.2) is 0 Å². The molecular weight excluding hydrogens is 234 g/mol. The first-order chi connectivity index (χ1) is 8.65. The number of nitrogens with zero attached hydrogens (tertiary/aromatic N) is 1. The zero-order valence-corrected chi connectivity index (χ0v) is 10.4. The third-order valence-electron chi connectivity index (χ3n) is 2.92. The van der Waals surface area contributed by atoms with Crippen LogP contribution >= 0.6 is 0 Å². The number of carbonyl (C=O) groups excluding carboxylic acids is 1. The maximum absolute atomic E-state index is 12.0. The van der Waals surface area contributed by atoms with Crippen LogP contribution in [0.1, 0.15) is 32.1 Å². The zero-order chi connectivity index (χ0) is 13.4. The minimum Gasteiger partial charge on any atom is -0.481 e. The second kappa shape index (κ2) is 7.72. The Morgan fingerprint density at radius 1 is 1.44 bits per heavy atom. The second-order valence-electron chi connectivity index (χ2n) is 4.32. The van der Waals surface area contributed by atoms with Gasteiger partial charge in [-0.05, 0) is 12.8 Å². The molecule has 0 aromatic heterocycles. The Balaban J connectivity index is 2.42. The topological polar surface area (TPSA) is 66.8 Å². The molecule has 0 radical (unpaired) electrons. The molecule has 0 aromatic rings. The minimum atomic E-state index is -0.907. The summed E-state index contributed by atoms with van der Waals surface area (Å²) in [6, 6.07) is -0.337. The number of ether oxygens (including phenoxy) is 1. The van der Waals surface area contributed by atoms with Crippen molar-refractivity contribution >= 4 is 11.9 Å². The van der Waals surface area contributed by atoms with E-state index in [0.717, 1.165) is 12.8 Å². The summed E-state index contributed by atoms with van der Waals surface area (Å²) >= 11 is 0. The van der Waals surface area contributed by atoms with Gasteiger partial charge >= 0.3 is 5.97 Å². The number of hydrogen-bond acceptors (Lipinski definition) is 3. The van der Waals surface area contributed by atoms with E-state index in [1.807, 2.05) is 0 Å². The predicted octanol–water partition coefficient (Wildman–Crippen LogP) is 0.882. The van der Waals surface area contributed by atoms with Gasteiger partial charge in [0.25, 0.3) is 0 Å².